The SMILES string of the molecule is O=c1ccnc(CCCc2nccc(=O)n2Cc2ccc(F)c(F)c2)[nH]1. The quantitative estimate of drug-likeness (QED) is 0.729. The summed E-state index contributed by atoms with van der Waals surface area (Å²) in [6.45, 7) is 0.0969. The summed E-state index contributed by atoms with van der Waals surface area (Å²) >= 11 is 0. The number of nitrogens with zero attached hydrogens (tertiary/aromatic N) is 3. The third-order valence-corrected chi connectivity index (χ3v) is 3.88. The van der Waals surface area contributed by atoms with E-state index in [0.29, 0.717) is 36.5 Å². The fourth-order valence-electron chi connectivity index (χ4n) is 2.62. The zero-order valence-electron chi connectivity index (χ0n) is 13.8. The minimum Gasteiger partial charge on any atom is -0.311 e. The summed E-state index contributed by atoms with van der Waals surface area (Å²) in [4.78, 5) is 34.4. The van der Waals surface area contributed by atoms with Crippen molar-refractivity contribution < 1.29 is 8.78 Å². The summed E-state index contributed by atoms with van der Waals surface area (Å²) in [6, 6.07) is 6.18. The first-order chi connectivity index (χ1) is 12.5. The molecule has 0 saturated carbocycles. The molecule has 0 saturated heterocycles. The number of nitrogens with one attached hydrogen (secondary N) is 1. The topological polar surface area (TPSA) is 80.6 Å². The molecule has 2 heterocycles. The van der Waals surface area contributed by atoms with Gasteiger partial charge in [-0.05, 0) is 24.1 Å². The Morgan fingerprint density at radius 3 is 2.54 bits per heavy atom. The molecular formula is C18H16F2N4O2. The van der Waals surface area contributed by atoms with Gasteiger partial charge in [0.25, 0.3) is 11.1 Å². The van der Waals surface area contributed by atoms with Gasteiger partial charge >= 0.3 is 0 Å². The van der Waals surface area contributed by atoms with Crippen molar-refractivity contribution >= 4 is 0 Å². The minimum absolute atomic E-state index is 0.0969. The first-order valence-corrected chi connectivity index (χ1v) is 8.06. The molecule has 0 fully saturated rings. The van der Waals surface area contributed by atoms with Crippen molar-refractivity contribution in [1.29, 1.82) is 0 Å². The number of H-pyrrole nitrogens is 1. The predicted molar refractivity (Wildman–Crippen MR) is 90.8 cm³/mol. The Hall–Kier alpha value is -3.16. The Morgan fingerprint density at radius 1 is 0.962 bits per heavy atom. The molecule has 8 heteroatoms. The van der Waals surface area contributed by atoms with Gasteiger partial charge in [-0.1, -0.05) is 6.07 Å². The van der Waals surface area contributed by atoms with Gasteiger partial charge in [0.2, 0.25) is 0 Å². The maximum absolute atomic E-state index is 13.4. The molecule has 0 atom stereocenters. The van der Waals surface area contributed by atoms with Crippen LogP contribution in [0.25, 0.3) is 0 Å². The van der Waals surface area contributed by atoms with Crippen molar-refractivity contribution in [2.24, 2.45) is 0 Å². The van der Waals surface area contributed by atoms with Crippen molar-refractivity contribution in [3.8, 4) is 0 Å². The van der Waals surface area contributed by atoms with Gasteiger partial charge in [-0.15, -0.1) is 0 Å². The molecule has 0 unspecified atom stereocenters. The lowest BCUT2D eigenvalue weighted by Gasteiger charge is -2.12. The van der Waals surface area contributed by atoms with Gasteiger partial charge in [0.15, 0.2) is 11.6 Å². The molecule has 0 amide bonds. The minimum atomic E-state index is -0.958. The molecule has 0 aliphatic rings. The van der Waals surface area contributed by atoms with Gasteiger partial charge < -0.3 is 4.98 Å². The molecule has 26 heavy (non-hydrogen) atoms. The highest BCUT2D eigenvalue weighted by Crippen LogP contribution is 2.11. The number of hydrogen-bond acceptors (Lipinski definition) is 4. The molecule has 134 valence electrons. The smallest absolute Gasteiger partial charge is 0.253 e. The predicted octanol–water partition coefficient (Wildman–Crippen LogP) is 1.83. The van der Waals surface area contributed by atoms with E-state index in [1.807, 2.05) is 0 Å². The highest BCUT2D eigenvalue weighted by atomic mass is 19.2. The van der Waals surface area contributed by atoms with E-state index in [2.05, 4.69) is 15.0 Å². The summed E-state index contributed by atoms with van der Waals surface area (Å²) in [5.41, 5.74) is -0.0247. The molecule has 0 aliphatic heterocycles. The maximum Gasteiger partial charge on any atom is 0.253 e. The Bertz CT molecular complexity index is 1030. The molecule has 1 aromatic carbocycles. The molecule has 3 aromatic rings. The largest absolute Gasteiger partial charge is 0.311 e. The summed E-state index contributed by atoms with van der Waals surface area (Å²) in [7, 11) is 0. The van der Waals surface area contributed by atoms with E-state index in [4.69, 9.17) is 0 Å². The number of hydrogen-bond donors (Lipinski definition) is 1. The summed E-state index contributed by atoms with van der Waals surface area (Å²) in [6.07, 6.45) is 4.46. The average Bonchev–Trinajstić information content (AvgIpc) is 2.61. The number of rotatable bonds is 6. The maximum atomic E-state index is 13.4. The fourth-order valence-corrected chi connectivity index (χ4v) is 2.62. The van der Waals surface area contributed by atoms with Crippen LogP contribution in [0.2, 0.25) is 0 Å². The van der Waals surface area contributed by atoms with Gasteiger partial charge in [0.05, 0.1) is 6.54 Å². The summed E-state index contributed by atoms with van der Waals surface area (Å²) in [5.74, 6) is -0.805. The van der Waals surface area contributed by atoms with E-state index in [1.165, 1.54) is 35.2 Å². The standard InChI is InChI=1S/C18H16F2N4O2/c19-13-5-4-12(10-14(13)20)11-24-16(22-9-7-18(24)26)3-1-2-15-21-8-6-17(25)23-15/h4-10H,1-3,11H2,(H,21,23,25). The second-order valence-corrected chi connectivity index (χ2v) is 5.77. The van der Waals surface area contributed by atoms with Crippen molar-refractivity contribution in [3.05, 3.63) is 92.3 Å². The first kappa shape index (κ1) is 17.7. The number of aromatic nitrogens is 4. The zero-order chi connectivity index (χ0) is 18.5. The van der Waals surface area contributed by atoms with Gasteiger partial charge in [-0.25, -0.2) is 18.7 Å². The van der Waals surface area contributed by atoms with E-state index < -0.39 is 11.6 Å². The van der Waals surface area contributed by atoms with Crippen LogP contribution in [0, 0.1) is 11.6 Å². The van der Waals surface area contributed by atoms with Gasteiger partial charge in [-0.3, -0.25) is 14.2 Å². The molecule has 6 nitrogen and oxygen atoms in total. The molecule has 0 bridgehead atoms. The van der Waals surface area contributed by atoms with Crippen molar-refractivity contribution in [2.45, 2.75) is 25.8 Å². The van der Waals surface area contributed by atoms with E-state index >= 15 is 0 Å². The first-order valence-electron chi connectivity index (χ1n) is 8.06. The van der Waals surface area contributed by atoms with Crippen LogP contribution in [-0.4, -0.2) is 19.5 Å². The molecule has 0 spiro atoms. The van der Waals surface area contributed by atoms with E-state index in [1.54, 1.807) is 0 Å². The summed E-state index contributed by atoms with van der Waals surface area (Å²) < 4.78 is 27.9. The number of halogens is 2. The molecule has 2 aromatic heterocycles. The lowest BCUT2D eigenvalue weighted by molar-refractivity contribution is 0.505. The molecule has 1 N–H and O–H groups in total. The molecule has 0 radical (unpaired) electrons. The fraction of sp³-hybridized carbons (Fsp3) is 0.222. The van der Waals surface area contributed by atoms with Crippen molar-refractivity contribution in [3.63, 3.8) is 0 Å². The number of aromatic amines is 1. The normalized spacial score (nSPS) is 10.8. The Balaban J connectivity index is 1.75. The second-order valence-electron chi connectivity index (χ2n) is 5.77. The van der Waals surface area contributed by atoms with Crippen LogP contribution in [-0.2, 0) is 19.4 Å². The van der Waals surface area contributed by atoms with Crippen LogP contribution in [0.3, 0.4) is 0 Å². The number of benzene rings is 1. The van der Waals surface area contributed by atoms with Crippen LogP contribution in [0.15, 0.2) is 52.3 Å². The molecule has 3 rings (SSSR count). The third kappa shape index (κ3) is 4.27. The van der Waals surface area contributed by atoms with Gasteiger partial charge in [0.1, 0.15) is 11.6 Å². The molecule has 0 aliphatic carbocycles. The van der Waals surface area contributed by atoms with E-state index in [0.717, 1.165) is 12.1 Å². The van der Waals surface area contributed by atoms with Crippen LogP contribution in [0.1, 0.15) is 23.6 Å². The van der Waals surface area contributed by atoms with E-state index in [9.17, 15) is 18.4 Å². The Kier molecular flexibility index (Phi) is 5.31. The zero-order valence-corrected chi connectivity index (χ0v) is 13.8. The Labute approximate surface area is 147 Å². The van der Waals surface area contributed by atoms with Crippen LogP contribution >= 0.6 is 0 Å². The van der Waals surface area contributed by atoms with Crippen LogP contribution in [0.5, 0.6) is 0 Å². The van der Waals surface area contributed by atoms with Crippen molar-refractivity contribution in [1.82, 2.24) is 19.5 Å². The van der Waals surface area contributed by atoms with E-state index in [-0.39, 0.29) is 17.7 Å². The monoisotopic (exact) mass is 358 g/mol. The van der Waals surface area contributed by atoms with Crippen molar-refractivity contribution in [2.75, 3.05) is 0 Å². The lowest BCUT2D eigenvalue weighted by Crippen LogP contribution is -2.24. The van der Waals surface area contributed by atoms with Gasteiger partial charge in [-0.2, -0.15) is 0 Å². The Morgan fingerprint density at radius 2 is 1.77 bits per heavy atom. The number of aryl methyl sites for hydroxylation is 2. The second kappa shape index (κ2) is 7.81. The highest BCUT2D eigenvalue weighted by Gasteiger charge is 2.09. The van der Waals surface area contributed by atoms with Crippen LogP contribution < -0.4 is 11.1 Å². The molecular weight excluding hydrogens is 342 g/mol. The summed E-state index contributed by atoms with van der Waals surface area (Å²) in [5, 5.41) is 0. The third-order valence-electron chi connectivity index (χ3n) is 3.88. The van der Waals surface area contributed by atoms with Crippen LogP contribution in [0.4, 0.5) is 8.78 Å². The highest BCUT2D eigenvalue weighted by molar-refractivity contribution is 5.18. The lowest BCUT2D eigenvalue weighted by atomic mass is 10.2. The van der Waals surface area contributed by atoms with Gasteiger partial charge in [0, 0.05) is 37.4 Å². The average molecular weight is 358 g/mol.